The van der Waals surface area contributed by atoms with Crippen LogP contribution in [-0.4, -0.2) is 96.7 Å². The number of aliphatic hydroxyl groups is 1. The van der Waals surface area contributed by atoms with Crippen LogP contribution >= 0.6 is 15.6 Å². The first-order valence-corrected chi connectivity index (χ1v) is 43.9. The fourth-order valence-electron chi connectivity index (χ4n) is 11.5. The number of carbonyl (C=O) groups excluding carboxylic acids is 4. The summed E-state index contributed by atoms with van der Waals surface area (Å²) in [6, 6.07) is 0. The predicted molar refractivity (Wildman–Crippen MR) is 409 cm³/mol. The van der Waals surface area contributed by atoms with Gasteiger partial charge in [0.25, 0.3) is 0 Å². The van der Waals surface area contributed by atoms with Crippen molar-refractivity contribution >= 4 is 39.5 Å². The van der Waals surface area contributed by atoms with Gasteiger partial charge in [0.2, 0.25) is 0 Å². The minimum absolute atomic E-state index is 0.0860. The third kappa shape index (κ3) is 73.3. The maximum absolute atomic E-state index is 13.1. The van der Waals surface area contributed by atoms with Gasteiger partial charge in [-0.15, -0.1) is 0 Å². The van der Waals surface area contributed by atoms with Crippen LogP contribution < -0.4 is 0 Å². The highest BCUT2D eigenvalue weighted by Gasteiger charge is 2.30. The van der Waals surface area contributed by atoms with E-state index < -0.39 is 97.5 Å². The summed E-state index contributed by atoms with van der Waals surface area (Å²) in [6.45, 7) is 4.88. The zero-order valence-electron chi connectivity index (χ0n) is 64.1. The molecule has 17 nitrogen and oxygen atoms in total. The Morgan fingerprint density at radius 2 is 0.500 bits per heavy atom. The normalized spacial score (nSPS) is 14.1. The quantitative estimate of drug-likeness (QED) is 0.0169. The van der Waals surface area contributed by atoms with E-state index in [-0.39, 0.29) is 25.7 Å². The molecule has 0 aliphatic rings. The van der Waals surface area contributed by atoms with E-state index in [1.165, 1.54) is 167 Å². The topological polar surface area (TPSA) is 237 Å². The van der Waals surface area contributed by atoms with Crippen molar-refractivity contribution in [1.29, 1.82) is 0 Å². The zero-order chi connectivity index (χ0) is 73.2. The number of phosphoric ester groups is 2. The fourth-order valence-corrected chi connectivity index (χ4v) is 13.1. The average molecular weight is 1460 g/mol. The van der Waals surface area contributed by atoms with Crippen molar-refractivity contribution in [3.05, 3.63) is 48.6 Å². The van der Waals surface area contributed by atoms with Crippen LogP contribution in [0, 0.1) is 0 Å². The van der Waals surface area contributed by atoms with E-state index in [0.29, 0.717) is 25.7 Å². The molecule has 586 valence electrons. The zero-order valence-corrected chi connectivity index (χ0v) is 65.9. The van der Waals surface area contributed by atoms with Crippen molar-refractivity contribution in [2.75, 3.05) is 39.6 Å². The van der Waals surface area contributed by atoms with Gasteiger partial charge in [-0.3, -0.25) is 37.3 Å². The molecule has 19 heteroatoms. The summed E-state index contributed by atoms with van der Waals surface area (Å²) >= 11 is 0. The van der Waals surface area contributed by atoms with Gasteiger partial charge in [-0.2, -0.15) is 0 Å². The number of ether oxygens (including phenoxy) is 4. The number of phosphoric acid groups is 2. The summed E-state index contributed by atoms with van der Waals surface area (Å²) in [4.78, 5) is 73.0. The van der Waals surface area contributed by atoms with Gasteiger partial charge in [0.15, 0.2) is 12.2 Å². The highest BCUT2D eigenvalue weighted by molar-refractivity contribution is 7.47. The van der Waals surface area contributed by atoms with Crippen molar-refractivity contribution in [2.45, 2.75) is 406 Å². The number of carbonyl (C=O) groups is 4. The molecular weight excluding hydrogens is 1310 g/mol. The van der Waals surface area contributed by atoms with Crippen molar-refractivity contribution in [1.82, 2.24) is 0 Å². The lowest BCUT2D eigenvalue weighted by Crippen LogP contribution is -2.30. The molecule has 0 fully saturated rings. The first-order valence-electron chi connectivity index (χ1n) is 40.9. The smallest absolute Gasteiger partial charge is 0.462 e. The Bertz CT molecular complexity index is 2080. The van der Waals surface area contributed by atoms with Crippen LogP contribution in [0.15, 0.2) is 48.6 Å². The van der Waals surface area contributed by atoms with Crippen LogP contribution in [0.1, 0.15) is 387 Å². The van der Waals surface area contributed by atoms with E-state index in [4.69, 9.17) is 37.0 Å². The average Bonchev–Trinajstić information content (AvgIpc) is 1.16. The molecule has 0 aromatic heterocycles. The molecular formula is C81H150O17P2. The van der Waals surface area contributed by atoms with Gasteiger partial charge in [0.05, 0.1) is 26.4 Å². The standard InChI is InChI=1S/C81H150O17P2/c1-5-9-13-17-21-25-29-32-35-36-37-38-41-43-47-50-54-58-62-66-79(84)91-71-76(97-80(85)67-63-59-55-51-45-28-24-20-16-12-8-4)73-95-99(87,88)93-69-75(82)70-94-100(89,90)96-74-77(98-81(86)68-64-60-56-52-48-44-40-34-31-27-23-19-15-11-7-3)72-92-78(83)65-61-57-53-49-46-42-39-33-30-26-22-18-14-10-6-2/h20-21,24-25,32,35,37-38,75-77,82H,5-19,22-23,26-31,33-34,36,39-74H2,1-4H3,(H,87,88)(H,89,90)/b24-20-,25-21-,35-32-,38-37-. The lowest BCUT2D eigenvalue weighted by atomic mass is 10.0. The number of esters is 4. The molecule has 0 saturated carbocycles. The summed E-state index contributed by atoms with van der Waals surface area (Å²) in [5.41, 5.74) is 0. The molecule has 0 bridgehead atoms. The molecule has 0 rings (SSSR count). The van der Waals surface area contributed by atoms with Crippen LogP contribution in [0.3, 0.4) is 0 Å². The Balaban J connectivity index is 5.27. The largest absolute Gasteiger partial charge is 0.472 e. The second kappa shape index (κ2) is 74.3. The van der Waals surface area contributed by atoms with Gasteiger partial charge in [-0.1, -0.05) is 327 Å². The van der Waals surface area contributed by atoms with E-state index in [1.54, 1.807) is 0 Å². The number of allylic oxidation sites excluding steroid dienone is 8. The molecule has 0 amide bonds. The predicted octanol–water partition coefficient (Wildman–Crippen LogP) is 23.7. The minimum atomic E-state index is -4.97. The molecule has 5 unspecified atom stereocenters. The van der Waals surface area contributed by atoms with Gasteiger partial charge in [-0.25, -0.2) is 9.13 Å². The maximum atomic E-state index is 13.1. The molecule has 0 heterocycles. The van der Waals surface area contributed by atoms with Crippen LogP contribution in [0.2, 0.25) is 0 Å². The summed E-state index contributed by atoms with van der Waals surface area (Å²) in [5.74, 6) is -2.15. The summed E-state index contributed by atoms with van der Waals surface area (Å²) in [6.07, 6.45) is 72.3. The Morgan fingerprint density at radius 1 is 0.280 bits per heavy atom. The van der Waals surface area contributed by atoms with Crippen molar-refractivity contribution in [3.8, 4) is 0 Å². The first kappa shape index (κ1) is 97.0. The highest BCUT2D eigenvalue weighted by atomic mass is 31.2. The Morgan fingerprint density at radius 3 is 0.810 bits per heavy atom. The highest BCUT2D eigenvalue weighted by Crippen LogP contribution is 2.45. The number of rotatable bonds is 78. The van der Waals surface area contributed by atoms with Gasteiger partial charge < -0.3 is 33.8 Å². The van der Waals surface area contributed by atoms with Crippen LogP contribution in [-0.2, 0) is 65.4 Å². The fraction of sp³-hybridized carbons (Fsp3) is 0.852. The molecule has 0 aromatic rings. The van der Waals surface area contributed by atoms with Gasteiger partial charge in [0, 0.05) is 25.7 Å². The molecule has 0 spiro atoms. The number of aliphatic hydroxyl groups excluding tert-OH is 1. The van der Waals surface area contributed by atoms with E-state index in [0.717, 1.165) is 141 Å². The molecule has 0 aromatic carbocycles. The minimum Gasteiger partial charge on any atom is -0.462 e. The van der Waals surface area contributed by atoms with Crippen LogP contribution in [0.25, 0.3) is 0 Å². The van der Waals surface area contributed by atoms with E-state index in [9.17, 15) is 43.2 Å². The third-order valence-electron chi connectivity index (χ3n) is 17.8. The Labute approximate surface area is 610 Å². The molecule has 0 aliphatic heterocycles. The second-order valence-corrected chi connectivity index (χ2v) is 30.6. The SMILES string of the molecule is CCCC/C=C\CCCCCCCC(=O)OC(COC(=O)CCCCCCCC/C=C\C/C=C\C/C=C\CCCCC)COP(=O)(O)OCC(O)COP(=O)(O)OCC(COC(=O)CCCCCCCCCCCCCCCCC)OC(=O)CCCCCCCCCCCCCCCCC. The second-order valence-electron chi connectivity index (χ2n) is 27.7. The number of hydrogen-bond acceptors (Lipinski definition) is 15. The van der Waals surface area contributed by atoms with Gasteiger partial charge in [-0.05, 0) is 83.5 Å². The number of unbranched alkanes of at least 4 members (excludes halogenated alkanes) is 44. The van der Waals surface area contributed by atoms with Gasteiger partial charge in [0.1, 0.15) is 19.3 Å². The molecule has 0 saturated heterocycles. The molecule has 100 heavy (non-hydrogen) atoms. The van der Waals surface area contributed by atoms with Crippen LogP contribution in [0.5, 0.6) is 0 Å². The molecule has 3 N–H and O–H groups in total. The van der Waals surface area contributed by atoms with E-state index in [1.807, 2.05) is 0 Å². The molecule has 0 aliphatic carbocycles. The molecule has 0 radical (unpaired) electrons. The number of hydrogen-bond donors (Lipinski definition) is 3. The molecule has 5 atom stereocenters. The van der Waals surface area contributed by atoms with Gasteiger partial charge >= 0.3 is 39.5 Å². The lowest BCUT2D eigenvalue weighted by Gasteiger charge is -2.21. The summed E-state index contributed by atoms with van der Waals surface area (Å²) in [7, 11) is -9.94. The third-order valence-corrected chi connectivity index (χ3v) is 19.7. The lowest BCUT2D eigenvalue weighted by molar-refractivity contribution is -0.161. The van der Waals surface area contributed by atoms with E-state index >= 15 is 0 Å². The monoisotopic (exact) mass is 1460 g/mol. The summed E-state index contributed by atoms with van der Waals surface area (Å²) in [5, 5.41) is 10.6. The Hall–Kier alpha value is -2.98. The maximum Gasteiger partial charge on any atom is 0.472 e. The Kier molecular flexibility index (Phi) is 72.1. The van der Waals surface area contributed by atoms with Crippen molar-refractivity contribution in [3.63, 3.8) is 0 Å². The van der Waals surface area contributed by atoms with Crippen LogP contribution in [0.4, 0.5) is 0 Å². The van der Waals surface area contributed by atoms with Crippen molar-refractivity contribution < 1.29 is 80.2 Å². The summed E-state index contributed by atoms with van der Waals surface area (Å²) < 4.78 is 68.6. The van der Waals surface area contributed by atoms with Crippen molar-refractivity contribution in [2.24, 2.45) is 0 Å². The van der Waals surface area contributed by atoms with E-state index in [2.05, 4.69) is 76.3 Å². The first-order chi connectivity index (χ1) is 48.7.